The van der Waals surface area contributed by atoms with Crippen LogP contribution in [0.1, 0.15) is 31.4 Å². The second-order valence-corrected chi connectivity index (χ2v) is 11.6. The van der Waals surface area contributed by atoms with Gasteiger partial charge in [0, 0.05) is 48.8 Å². The molecule has 1 aromatic carbocycles. The Kier molecular flexibility index (Phi) is 7.41. The predicted molar refractivity (Wildman–Crippen MR) is 136 cm³/mol. The normalized spacial score (nSPS) is 28.7. The monoisotopic (exact) mass is 517 g/mol. The molecule has 2 amide bonds. The second-order valence-electron chi connectivity index (χ2n) is 10.2. The molecule has 1 aromatic rings. The number of aryl methyl sites for hydroxylation is 1. The molecule has 2 N–H and O–H groups in total. The minimum absolute atomic E-state index is 0.00394. The number of likely N-dealkylation sites (N-methyl/N-ethyl adjacent to an activating group) is 1. The summed E-state index contributed by atoms with van der Waals surface area (Å²) in [6.45, 7) is 6.61. The number of amides is 2. The van der Waals surface area contributed by atoms with Crippen LogP contribution in [0, 0.1) is 18.8 Å². The number of methoxy groups -OCH3 is 1. The molecule has 6 atom stereocenters. The highest BCUT2D eigenvalue weighted by Crippen LogP contribution is 2.52. The van der Waals surface area contributed by atoms with Gasteiger partial charge in [-0.1, -0.05) is 19.1 Å². The number of carbonyl (C=O) groups is 3. The average molecular weight is 518 g/mol. The first kappa shape index (κ1) is 26.5. The van der Waals surface area contributed by atoms with Crippen LogP contribution in [0.25, 0.3) is 0 Å². The number of carboxylic acids is 1. The third kappa shape index (κ3) is 4.50. The number of aliphatic hydroxyl groups excluding tert-OH is 1. The van der Waals surface area contributed by atoms with E-state index in [1.54, 1.807) is 33.0 Å². The quantitative estimate of drug-likeness (QED) is 0.504. The van der Waals surface area contributed by atoms with Crippen LogP contribution in [0.2, 0.25) is 0 Å². The Bertz CT molecular complexity index is 1100. The van der Waals surface area contributed by atoms with Gasteiger partial charge in [0.25, 0.3) is 0 Å². The van der Waals surface area contributed by atoms with Crippen LogP contribution < -0.4 is 4.74 Å². The standard InChI is InChI=1S/C26H35N3O6S/c1-13-7-8-16(19(9-13)35-6)11-28-12-17(10-18(28)24(31)27(4)5)36-23-14(2)21-20(15(3)30)25(32)29(21)22(23)26(33)34/h7-9,14-15,17-18,20-21,30H,10-12H2,1-6H3,(H,33,34)/t14-,15-,17+,18+,20-,21-/m1/s1. The van der Waals surface area contributed by atoms with Gasteiger partial charge >= 0.3 is 5.97 Å². The van der Waals surface area contributed by atoms with Gasteiger partial charge in [-0.15, -0.1) is 11.8 Å². The fraction of sp³-hybridized carbons (Fsp3) is 0.577. The Labute approximate surface area is 216 Å². The highest BCUT2D eigenvalue weighted by atomic mass is 32.2. The number of carbonyl (C=O) groups excluding carboxylic acids is 2. The maximum absolute atomic E-state index is 13.1. The number of rotatable bonds is 8. The summed E-state index contributed by atoms with van der Waals surface area (Å²) in [4.78, 5) is 43.7. The lowest BCUT2D eigenvalue weighted by Gasteiger charge is -2.46. The van der Waals surface area contributed by atoms with Gasteiger partial charge in [-0.25, -0.2) is 4.79 Å². The SMILES string of the molecule is COc1cc(C)ccc1CN1C[C@@H](SC2=C(C(=O)O)N3C(=O)[C@H]([C@@H](C)O)[C@H]3[C@H]2C)C[C@H]1C(=O)N(C)C. The van der Waals surface area contributed by atoms with Crippen molar-refractivity contribution >= 4 is 29.5 Å². The fourth-order valence-electron chi connectivity index (χ4n) is 5.74. The Morgan fingerprint density at radius 1 is 1.31 bits per heavy atom. The summed E-state index contributed by atoms with van der Waals surface area (Å²) < 4.78 is 5.58. The molecule has 3 aliphatic rings. The highest BCUT2D eigenvalue weighted by Gasteiger charge is 2.60. The van der Waals surface area contributed by atoms with Gasteiger partial charge in [0.2, 0.25) is 11.8 Å². The Morgan fingerprint density at radius 2 is 2.00 bits per heavy atom. The summed E-state index contributed by atoms with van der Waals surface area (Å²) in [5.41, 5.74) is 2.09. The molecule has 0 aromatic heterocycles. The Morgan fingerprint density at radius 3 is 2.58 bits per heavy atom. The van der Waals surface area contributed by atoms with Crippen LogP contribution in [-0.2, 0) is 20.9 Å². The number of thioether (sulfide) groups is 1. The van der Waals surface area contributed by atoms with Gasteiger partial charge in [0.15, 0.2) is 0 Å². The Balaban J connectivity index is 1.59. The molecule has 0 spiro atoms. The zero-order valence-corrected chi connectivity index (χ0v) is 22.4. The third-order valence-corrected chi connectivity index (χ3v) is 9.01. The summed E-state index contributed by atoms with van der Waals surface area (Å²) >= 11 is 1.46. The third-order valence-electron chi connectivity index (χ3n) is 7.51. The van der Waals surface area contributed by atoms with Crippen LogP contribution in [0.3, 0.4) is 0 Å². The molecule has 196 valence electrons. The van der Waals surface area contributed by atoms with Crippen molar-refractivity contribution in [3.05, 3.63) is 39.9 Å². The first-order chi connectivity index (χ1) is 17.0. The molecule has 4 rings (SSSR count). The molecular weight excluding hydrogens is 482 g/mol. The van der Waals surface area contributed by atoms with E-state index in [9.17, 15) is 24.6 Å². The molecule has 0 saturated carbocycles. The summed E-state index contributed by atoms with van der Waals surface area (Å²) in [6, 6.07) is 5.32. The van der Waals surface area contributed by atoms with Crippen LogP contribution in [0.4, 0.5) is 0 Å². The summed E-state index contributed by atoms with van der Waals surface area (Å²) in [6.07, 6.45) is -0.272. The summed E-state index contributed by atoms with van der Waals surface area (Å²) in [5, 5.41) is 20.0. The predicted octanol–water partition coefficient (Wildman–Crippen LogP) is 1.92. The summed E-state index contributed by atoms with van der Waals surface area (Å²) in [7, 11) is 5.12. The molecule has 3 heterocycles. The molecule has 2 saturated heterocycles. The van der Waals surface area contributed by atoms with Gasteiger partial charge in [0.1, 0.15) is 11.4 Å². The van der Waals surface area contributed by atoms with Crippen molar-refractivity contribution in [1.82, 2.24) is 14.7 Å². The maximum Gasteiger partial charge on any atom is 0.353 e. The number of β-lactam (4-membered cyclic amide) rings is 1. The number of benzene rings is 1. The maximum atomic E-state index is 13.1. The number of ether oxygens (including phenoxy) is 1. The highest BCUT2D eigenvalue weighted by molar-refractivity contribution is 8.03. The lowest BCUT2D eigenvalue weighted by atomic mass is 9.79. The lowest BCUT2D eigenvalue weighted by Crippen LogP contribution is -2.63. The van der Waals surface area contributed by atoms with E-state index in [0.29, 0.717) is 24.4 Å². The number of carboxylic acid groups (broad SMARTS) is 1. The van der Waals surface area contributed by atoms with Gasteiger partial charge < -0.3 is 24.7 Å². The zero-order valence-electron chi connectivity index (χ0n) is 21.6. The van der Waals surface area contributed by atoms with Crippen molar-refractivity contribution in [2.24, 2.45) is 11.8 Å². The zero-order chi connectivity index (χ0) is 26.5. The van der Waals surface area contributed by atoms with E-state index >= 15 is 0 Å². The molecule has 36 heavy (non-hydrogen) atoms. The van der Waals surface area contributed by atoms with Crippen molar-refractivity contribution in [3.63, 3.8) is 0 Å². The van der Waals surface area contributed by atoms with E-state index in [1.807, 2.05) is 32.0 Å². The number of nitrogens with zero attached hydrogens (tertiary/aromatic N) is 3. The van der Waals surface area contributed by atoms with Crippen LogP contribution in [0.15, 0.2) is 28.8 Å². The van der Waals surface area contributed by atoms with Gasteiger partial charge in [-0.2, -0.15) is 0 Å². The van der Waals surface area contributed by atoms with E-state index < -0.39 is 18.0 Å². The first-order valence-electron chi connectivity index (χ1n) is 12.2. The topological polar surface area (TPSA) is 111 Å². The smallest absolute Gasteiger partial charge is 0.353 e. The van der Waals surface area contributed by atoms with Gasteiger partial charge in [-0.05, 0) is 31.9 Å². The van der Waals surface area contributed by atoms with Crippen molar-refractivity contribution in [1.29, 1.82) is 0 Å². The number of aliphatic carboxylic acids is 1. The van der Waals surface area contributed by atoms with E-state index in [4.69, 9.17) is 4.74 Å². The molecule has 3 aliphatic heterocycles. The van der Waals surface area contributed by atoms with Crippen molar-refractivity contribution in [2.45, 2.75) is 57.2 Å². The number of aliphatic hydroxyl groups is 1. The number of hydrogen-bond donors (Lipinski definition) is 2. The molecule has 2 fully saturated rings. The first-order valence-corrected chi connectivity index (χ1v) is 13.1. The van der Waals surface area contributed by atoms with Crippen LogP contribution >= 0.6 is 11.8 Å². The van der Waals surface area contributed by atoms with Gasteiger partial charge in [-0.3, -0.25) is 14.5 Å². The average Bonchev–Trinajstić information content (AvgIpc) is 3.31. The Hall–Kier alpha value is -2.56. The molecule has 0 aliphatic carbocycles. The van der Waals surface area contributed by atoms with E-state index in [1.165, 1.54) is 16.7 Å². The molecule has 0 unspecified atom stereocenters. The molecular formula is C26H35N3O6S. The van der Waals surface area contributed by atoms with Crippen molar-refractivity contribution < 1.29 is 29.3 Å². The molecule has 0 radical (unpaired) electrons. The molecule has 9 nitrogen and oxygen atoms in total. The number of fused-ring (bicyclic) bond motifs is 1. The minimum atomic E-state index is -1.13. The minimum Gasteiger partial charge on any atom is -0.496 e. The largest absolute Gasteiger partial charge is 0.496 e. The van der Waals surface area contributed by atoms with E-state index in [2.05, 4.69) is 4.90 Å². The fourth-order valence-corrected chi connectivity index (χ4v) is 7.29. The van der Waals surface area contributed by atoms with E-state index in [-0.39, 0.29) is 40.8 Å². The second kappa shape index (κ2) is 10.1. The number of likely N-dealkylation sites (tertiary alicyclic amines) is 1. The van der Waals surface area contributed by atoms with Crippen molar-refractivity contribution in [2.75, 3.05) is 27.7 Å². The lowest BCUT2D eigenvalue weighted by molar-refractivity contribution is -0.163. The van der Waals surface area contributed by atoms with Crippen molar-refractivity contribution in [3.8, 4) is 5.75 Å². The van der Waals surface area contributed by atoms with Gasteiger partial charge in [0.05, 0.1) is 31.2 Å². The molecule has 10 heteroatoms. The molecule has 0 bridgehead atoms. The summed E-state index contributed by atoms with van der Waals surface area (Å²) in [5.74, 6) is -1.49. The number of hydrogen-bond acceptors (Lipinski definition) is 7. The van der Waals surface area contributed by atoms with Crippen LogP contribution in [0.5, 0.6) is 5.75 Å². The van der Waals surface area contributed by atoms with E-state index in [0.717, 1.165) is 16.9 Å². The van der Waals surface area contributed by atoms with Crippen LogP contribution in [-0.4, -0.2) is 93.9 Å².